The normalized spacial score (nSPS) is 13.5. The summed E-state index contributed by atoms with van der Waals surface area (Å²) in [5, 5.41) is 9.52. The summed E-state index contributed by atoms with van der Waals surface area (Å²) in [5.41, 5.74) is -0.147. The largest absolute Gasteiger partial charge is 0.273 e. The molecule has 7 heteroatoms. The molecular formula is C8H8ClNO4S. The summed E-state index contributed by atoms with van der Waals surface area (Å²) in [5.74, 6) is 0. The minimum Gasteiger partial charge on any atom is -0.258 e. The Morgan fingerprint density at radius 1 is 1.40 bits per heavy atom. The van der Waals surface area contributed by atoms with Gasteiger partial charge in [-0.05, 0) is 6.92 Å². The fourth-order valence-corrected chi connectivity index (χ4v) is 1.94. The van der Waals surface area contributed by atoms with Crippen molar-refractivity contribution in [3.05, 3.63) is 39.9 Å². The molecule has 0 aromatic heterocycles. The summed E-state index contributed by atoms with van der Waals surface area (Å²) >= 11 is 0. The van der Waals surface area contributed by atoms with E-state index in [4.69, 9.17) is 10.7 Å². The van der Waals surface area contributed by atoms with Crippen molar-refractivity contribution in [1.29, 1.82) is 0 Å². The number of nitro groups is 1. The van der Waals surface area contributed by atoms with E-state index in [0.717, 1.165) is 0 Å². The molecule has 1 atom stereocenters. The fraction of sp³-hybridized carbons (Fsp3) is 0.250. The first-order chi connectivity index (χ1) is 6.84. The van der Waals surface area contributed by atoms with Crippen molar-refractivity contribution < 1.29 is 13.3 Å². The van der Waals surface area contributed by atoms with E-state index in [1.807, 2.05) is 0 Å². The van der Waals surface area contributed by atoms with E-state index in [-0.39, 0.29) is 11.3 Å². The molecule has 0 fully saturated rings. The minimum atomic E-state index is -3.84. The summed E-state index contributed by atoms with van der Waals surface area (Å²) in [4.78, 5) is 9.99. The molecule has 82 valence electrons. The molecule has 1 aromatic carbocycles. The number of hydrogen-bond donors (Lipinski definition) is 0. The maximum Gasteiger partial charge on any atom is 0.273 e. The molecule has 0 radical (unpaired) electrons. The van der Waals surface area contributed by atoms with E-state index < -0.39 is 19.2 Å². The summed E-state index contributed by atoms with van der Waals surface area (Å²) < 4.78 is 22.1. The molecule has 0 aliphatic carbocycles. The van der Waals surface area contributed by atoms with E-state index in [1.54, 1.807) is 0 Å². The van der Waals surface area contributed by atoms with E-state index >= 15 is 0 Å². The summed E-state index contributed by atoms with van der Waals surface area (Å²) in [6, 6.07) is 5.62. The molecule has 1 aromatic rings. The van der Waals surface area contributed by atoms with Gasteiger partial charge in [-0.1, -0.05) is 18.2 Å². The molecule has 0 bridgehead atoms. The Balaban J connectivity index is 3.32. The quantitative estimate of drug-likeness (QED) is 0.467. The van der Waals surface area contributed by atoms with Gasteiger partial charge in [-0.25, -0.2) is 8.42 Å². The van der Waals surface area contributed by atoms with Gasteiger partial charge >= 0.3 is 0 Å². The maximum absolute atomic E-state index is 11.0. The van der Waals surface area contributed by atoms with Crippen LogP contribution in [0.5, 0.6) is 0 Å². The number of nitro benzene ring substituents is 1. The Hall–Kier alpha value is -1.14. The van der Waals surface area contributed by atoms with Gasteiger partial charge in [0.25, 0.3) is 5.69 Å². The molecule has 0 aliphatic heterocycles. The second kappa shape index (κ2) is 4.16. The van der Waals surface area contributed by atoms with Gasteiger partial charge in [-0.2, -0.15) is 0 Å². The first kappa shape index (κ1) is 11.9. The lowest BCUT2D eigenvalue weighted by Crippen LogP contribution is -2.05. The molecule has 0 amide bonds. The number of hydrogen-bond acceptors (Lipinski definition) is 4. The van der Waals surface area contributed by atoms with Crippen LogP contribution in [0.15, 0.2) is 24.3 Å². The molecule has 0 saturated carbocycles. The van der Waals surface area contributed by atoms with Crippen molar-refractivity contribution >= 4 is 25.4 Å². The zero-order valence-electron chi connectivity index (χ0n) is 7.75. The zero-order chi connectivity index (χ0) is 11.6. The highest BCUT2D eigenvalue weighted by molar-refractivity contribution is 8.13. The van der Waals surface area contributed by atoms with Crippen LogP contribution in [0.4, 0.5) is 5.69 Å². The lowest BCUT2D eigenvalue weighted by molar-refractivity contribution is -0.385. The molecule has 0 spiro atoms. The Morgan fingerprint density at radius 3 is 2.40 bits per heavy atom. The van der Waals surface area contributed by atoms with Gasteiger partial charge in [0.1, 0.15) is 5.25 Å². The van der Waals surface area contributed by atoms with Gasteiger partial charge in [0.15, 0.2) is 0 Å². The van der Waals surface area contributed by atoms with E-state index in [1.165, 1.54) is 31.2 Å². The number of benzene rings is 1. The Bertz CT molecular complexity index is 485. The third kappa shape index (κ3) is 2.66. The maximum atomic E-state index is 11.0. The minimum absolute atomic E-state index is 0.0949. The standard InChI is InChI=1S/C8H8ClNO4S/c1-6(15(9,13)14)7-4-2-3-5-8(7)10(11)12/h2-6H,1H3. The predicted molar refractivity (Wildman–Crippen MR) is 56.3 cm³/mol. The van der Waals surface area contributed by atoms with Crippen LogP contribution < -0.4 is 0 Å². The topological polar surface area (TPSA) is 77.3 Å². The number of halogens is 1. The van der Waals surface area contributed by atoms with E-state index in [9.17, 15) is 18.5 Å². The van der Waals surface area contributed by atoms with Crippen LogP contribution in [-0.2, 0) is 9.05 Å². The summed E-state index contributed by atoms with van der Waals surface area (Å²) in [6.45, 7) is 1.31. The number of rotatable bonds is 3. The average molecular weight is 250 g/mol. The Kier molecular flexibility index (Phi) is 3.31. The first-order valence-electron chi connectivity index (χ1n) is 4.01. The van der Waals surface area contributed by atoms with Crippen molar-refractivity contribution in [1.82, 2.24) is 0 Å². The van der Waals surface area contributed by atoms with Gasteiger partial charge < -0.3 is 0 Å². The van der Waals surface area contributed by atoms with Crippen molar-refractivity contribution in [2.45, 2.75) is 12.2 Å². The second-order valence-corrected chi connectivity index (χ2v) is 5.88. The summed E-state index contributed by atoms with van der Waals surface area (Å²) in [7, 11) is 1.30. The predicted octanol–water partition coefficient (Wildman–Crippen LogP) is 2.22. The van der Waals surface area contributed by atoms with Gasteiger partial charge in [0, 0.05) is 22.3 Å². The molecule has 1 unspecified atom stereocenters. The Labute approximate surface area is 91.2 Å². The Morgan fingerprint density at radius 2 is 1.93 bits per heavy atom. The van der Waals surface area contributed by atoms with Crippen LogP contribution in [0.1, 0.15) is 17.7 Å². The van der Waals surface area contributed by atoms with Gasteiger partial charge in [0.2, 0.25) is 9.05 Å². The molecule has 0 N–H and O–H groups in total. The third-order valence-corrected chi connectivity index (χ3v) is 3.89. The van der Waals surface area contributed by atoms with Crippen LogP contribution >= 0.6 is 10.7 Å². The van der Waals surface area contributed by atoms with Gasteiger partial charge in [0.05, 0.1) is 4.92 Å². The summed E-state index contributed by atoms with van der Waals surface area (Å²) in [6.07, 6.45) is 0. The van der Waals surface area contributed by atoms with E-state index in [0.29, 0.717) is 0 Å². The average Bonchev–Trinajstić information content (AvgIpc) is 2.15. The van der Waals surface area contributed by atoms with Crippen molar-refractivity contribution in [3.63, 3.8) is 0 Å². The fourth-order valence-electron chi connectivity index (χ4n) is 1.15. The van der Waals surface area contributed by atoms with Crippen LogP contribution in [0.2, 0.25) is 0 Å². The molecule has 5 nitrogen and oxygen atoms in total. The number of nitrogens with zero attached hydrogens (tertiary/aromatic N) is 1. The molecule has 0 saturated heterocycles. The first-order valence-corrected chi connectivity index (χ1v) is 6.38. The molecule has 15 heavy (non-hydrogen) atoms. The smallest absolute Gasteiger partial charge is 0.258 e. The van der Waals surface area contributed by atoms with Crippen molar-refractivity contribution in [2.75, 3.05) is 0 Å². The van der Waals surface area contributed by atoms with Gasteiger partial charge in [-0.15, -0.1) is 0 Å². The highest BCUT2D eigenvalue weighted by Gasteiger charge is 2.26. The number of para-hydroxylation sites is 1. The third-order valence-electron chi connectivity index (χ3n) is 1.99. The molecule has 1 rings (SSSR count). The van der Waals surface area contributed by atoms with E-state index in [2.05, 4.69) is 0 Å². The van der Waals surface area contributed by atoms with Crippen LogP contribution in [0.3, 0.4) is 0 Å². The monoisotopic (exact) mass is 249 g/mol. The molecule has 0 aliphatic rings. The lowest BCUT2D eigenvalue weighted by Gasteiger charge is -2.07. The SMILES string of the molecule is CC(c1ccccc1[N+](=O)[O-])S(=O)(=O)Cl. The van der Waals surface area contributed by atoms with Gasteiger partial charge in [-0.3, -0.25) is 10.1 Å². The van der Waals surface area contributed by atoms with Crippen LogP contribution in [-0.4, -0.2) is 13.3 Å². The lowest BCUT2D eigenvalue weighted by atomic mass is 10.1. The van der Waals surface area contributed by atoms with Crippen LogP contribution in [0, 0.1) is 10.1 Å². The molecular weight excluding hydrogens is 242 g/mol. The van der Waals surface area contributed by atoms with Crippen molar-refractivity contribution in [2.24, 2.45) is 0 Å². The van der Waals surface area contributed by atoms with Crippen LogP contribution in [0.25, 0.3) is 0 Å². The van der Waals surface area contributed by atoms with Crippen molar-refractivity contribution in [3.8, 4) is 0 Å². The molecule has 0 heterocycles. The second-order valence-electron chi connectivity index (χ2n) is 2.93. The highest BCUT2D eigenvalue weighted by Crippen LogP contribution is 2.31. The highest BCUT2D eigenvalue weighted by atomic mass is 35.7. The zero-order valence-corrected chi connectivity index (χ0v) is 9.33.